The molecule has 0 saturated carbocycles. The summed E-state index contributed by atoms with van der Waals surface area (Å²) in [6.45, 7) is 2.56. The van der Waals surface area contributed by atoms with Gasteiger partial charge >= 0.3 is 0 Å². The molecule has 4 atom stereocenters. The van der Waals surface area contributed by atoms with Gasteiger partial charge in [0.2, 0.25) is 0 Å². The molecule has 4 heterocycles. The van der Waals surface area contributed by atoms with E-state index >= 15 is 0 Å². The lowest BCUT2D eigenvalue weighted by Crippen LogP contribution is -2.42. The lowest BCUT2D eigenvalue weighted by molar-refractivity contribution is -0.137. The van der Waals surface area contributed by atoms with Crippen molar-refractivity contribution in [1.29, 1.82) is 0 Å². The molecule has 0 bridgehead atoms. The second kappa shape index (κ2) is 10.7. The molecule has 1 aromatic carbocycles. The zero-order valence-corrected chi connectivity index (χ0v) is 21.9. The van der Waals surface area contributed by atoms with E-state index in [-0.39, 0.29) is 0 Å². The summed E-state index contributed by atoms with van der Waals surface area (Å²) in [6.07, 6.45) is -0.649. The largest absolute Gasteiger partial charge is 0.387 e. The maximum atomic E-state index is 12.4. The number of nitrogens with zero attached hydrogens (tertiary/aromatic N) is 5. The van der Waals surface area contributed by atoms with Crippen LogP contribution in [0.5, 0.6) is 0 Å². The van der Waals surface area contributed by atoms with Gasteiger partial charge in [-0.25, -0.2) is 15.0 Å². The van der Waals surface area contributed by atoms with E-state index < -0.39 is 30.4 Å². The minimum atomic E-state index is -1.43. The van der Waals surface area contributed by atoms with Crippen molar-refractivity contribution >= 4 is 50.4 Å². The van der Waals surface area contributed by atoms with Gasteiger partial charge in [0.15, 0.2) is 35.1 Å². The van der Waals surface area contributed by atoms with Crippen LogP contribution in [0.25, 0.3) is 22.6 Å². The number of carbonyl (C=O) groups is 1. The molecule has 11 nitrogen and oxygen atoms in total. The van der Waals surface area contributed by atoms with E-state index in [1.165, 1.54) is 17.1 Å². The van der Waals surface area contributed by atoms with Crippen molar-refractivity contribution in [2.24, 2.45) is 0 Å². The fraction of sp³-hybridized carbons (Fsp3) is 0.292. The number of carbonyl (C=O) groups excluding carboxylic acids is 1. The number of nitrogens with one attached hydrogen (secondary N) is 2. The molecule has 0 spiro atoms. The predicted molar refractivity (Wildman–Crippen MR) is 140 cm³/mol. The first-order chi connectivity index (χ1) is 17.9. The molecule has 37 heavy (non-hydrogen) atoms. The second-order valence-corrected chi connectivity index (χ2v) is 9.77. The van der Waals surface area contributed by atoms with Gasteiger partial charge in [-0.1, -0.05) is 39.7 Å². The number of fused-ring (bicyclic) bond motifs is 1. The van der Waals surface area contributed by atoms with Gasteiger partial charge in [0.05, 0.1) is 11.3 Å². The standard InChI is InChI=1S/C24H23BrClN7O4/c1-2-28-23(36)19-17(34)18(35)24(37-19)33-11-30-16-21(29-8-12-4-3-5-14(25)6-12)31-20(32-22(16)33)13-7-15(26)10-27-9-13/h3-7,9-11,17-19,24,34-35H,2,8H2,1H3,(H,28,36)(H,29,31,32)/t17?,18?,19-,24?/m1/s1. The van der Waals surface area contributed by atoms with E-state index in [0.717, 1.165) is 10.0 Å². The smallest absolute Gasteiger partial charge is 0.252 e. The summed E-state index contributed by atoms with van der Waals surface area (Å²) in [6, 6.07) is 9.52. The number of aromatic nitrogens is 5. The number of amides is 1. The summed E-state index contributed by atoms with van der Waals surface area (Å²) in [5, 5.41) is 27.6. The van der Waals surface area contributed by atoms with Gasteiger partial charge < -0.3 is 25.6 Å². The van der Waals surface area contributed by atoms with Crippen molar-refractivity contribution in [1.82, 2.24) is 29.8 Å². The first-order valence-corrected chi connectivity index (χ1v) is 12.7. The fourth-order valence-electron chi connectivity index (χ4n) is 4.10. The number of aliphatic hydroxyl groups excluding tert-OH is 2. The number of hydrogen-bond acceptors (Lipinski definition) is 9. The third-order valence-electron chi connectivity index (χ3n) is 5.86. The van der Waals surface area contributed by atoms with E-state index in [4.69, 9.17) is 16.3 Å². The highest BCUT2D eigenvalue weighted by atomic mass is 79.9. The van der Waals surface area contributed by atoms with Crippen LogP contribution in [0, 0.1) is 0 Å². The molecule has 5 rings (SSSR count). The van der Waals surface area contributed by atoms with Crippen molar-refractivity contribution in [2.45, 2.75) is 38.0 Å². The Hall–Kier alpha value is -3.16. The Labute approximate surface area is 225 Å². The molecule has 4 aromatic rings. The monoisotopic (exact) mass is 587 g/mol. The molecule has 192 valence electrons. The number of pyridine rings is 1. The van der Waals surface area contributed by atoms with Crippen LogP contribution in [0.15, 0.2) is 53.5 Å². The van der Waals surface area contributed by atoms with Crippen molar-refractivity contribution in [3.63, 3.8) is 0 Å². The Morgan fingerprint density at radius 2 is 2.05 bits per heavy atom. The lowest BCUT2D eigenvalue weighted by atomic mass is 10.1. The average molecular weight is 589 g/mol. The predicted octanol–water partition coefficient (Wildman–Crippen LogP) is 2.67. The quantitative estimate of drug-likeness (QED) is 0.256. The third kappa shape index (κ3) is 5.15. The molecule has 3 unspecified atom stereocenters. The van der Waals surface area contributed by atoms with Gasteiger partial charge in [-0.2, -0.15) is 0 Å². The second-order valence-electron chi connectivity index (χ2n) is 8.42. The van der Waals surface area contributed by atoms with Crippen LogP contribution in [-0.4, -0.2) is 65.5 Å². The van der Waals surface area contributed by atoms with Gasteiger partial charge in [0.1, 0.15) is 12.2 Å². The maximum absolute atomic E-state index is 12.4. The molecular weight excluding hydrogens is 566 g/mol. The summed E-state index contributed by atoms with van der Waals surface area (Å²) < 4.78 is 8.22. The number of rotatable bonds is 7. The molecule has 0 radical (unpaired) electrons. The van der Waals surface area contributed by atoms with Crippen molar-refractivity contribution in [3.8, 4) is 11.4 Å². The molecule has 1 aliphatic rings. The summed E-state index contributed by atoms with van der Waals surface area (Å²) in [5.74, 6) is 0.235. The van der Waals surface area contributed by atoms with Gasteiger partial charge in [0, 0.05) is 35.5 Å². The maximum Gasteiger partial charge on any atom is 0.252 e. The zero-order valence-electron chi connectivity index (χ0n) is 19.5. The summed E-state index contributed by atoms with van der Waals surface area (Å²) in [5.41, 5.74) is 2.32. The van der Waals surface area contributed by atoms with Gasteiger partial charge in [0.25, 0.3) is 5.91 Å². The van der Waals surface area contributed by atoms with Crippen molar-refractivity contribution in [3.05, 3.63) is 64.1 Å². The SMILES string of the molecule is CCNC(=O)[C@@H]1OC(n2cnc3c(NCc4cccc(Br)c4)nc(-c4cncc(Cl)c4)nc32)C(O)C1O. The first kappa shape index (κ1) is 25.5. The molecule has 1 aliphatic heterocycles. The Morgan fingerprint density at radius 1 is 1.22 bits per heavy atom. The minimum Gasteiger partial charge on any atom is -0.387 e. The van der Waals surface area contributed by atoms with Crippen LogP contribution < -0.4 is 10.6 Å². The Balaban J connectivity index is 1.56. The van der Waals surface area contributed by atoms with Crippen LogP contribution >= 0.6 is 27.5 Å². The van der Waals surface area contributed by atoms with Crippen molar-refractivity contribution < 1.29 is 19.7 Å². The minimum absolute atomic E-state index is 0.314. The Morgan fingerprint density at radius 3 is 2.81 bits per heavy atom. The number of benzene rings is 1. The number of halogens is 2. The molecule has 3 aromatic heterocycles. The van der Waals surface area contributed by atoms with Crippen LogP contribution in [0.1, 0.15) is 18.7 Å². The summed E-state index contributed by atoms with van der Waals surface area (Å²) >= 11 is 9.63. The van der Waals surface area contributed by atoms with E-state index in [1.807, 2.05) is 24.3 Å². The third-order valence-corrected chi connectivity index (χ3v) is 6.56. The van der Waals surface area contributed by atoms with Crippen molar-refractivity contribution in [2.75, 3.05) is 11.9 Å². The van der Waals surface area contributed by atoms with Gasteiger partial charge in [-0.15, -0.1) is 0 Å². The van der Waals surface area contributed by atoms with E-state index in [0.29, 0.717) is 46.5 Å². The van der Waals surface area contributed by atoms with Gasteiger partial charge in [-0.05, 0) is 30.7 Å². The van der Waals surface area contributed by atoms with Crippen LogP contribution in [0.3, 0.4) is 0 Å². The number of aliphatic hydroxyl groups is 2. The molecule has 0 aliphatic carbocycles. The number of hydrogen-bond donors (Lipinski definition) is 4. The van der Waals surface area contributed by atoms with E-state index in [1.54, 1.807) is 19.2 Å². The van der Waals surface area contributed by atoms with Gasteiger partial charge in [-0.3, -0.25) is 14.3 Å². The molecular formula is C24H23BrClN7O4. The number of likely N-dealkylation sites (N-methyl/N-ethyl adjacent to an activating group) is 1. The van der Waals surface area contributed by atoms with Crippen LogP contribution in [0.4, 0.5) is 5.82 Å². The highest BCUT2D eigenvalue weighted by Crippen LogP contribution is 2.34. The number of anilines is 1. The molecule has 1 fully saturated rings. The fourth-order valence-corrected chi connectivity index (χ4v) is 4.72. The normalized spacial score (nSPS) is 21.3. The highest BCUT2D eigenvalue weighted by molar-refractivity contribution is 9.10. The molecule has 1 amide bonds. The van der Waals surface area contributed by atoms with Crippen LogP contribution in [0.2, 0.25) is 5.02 Å². The Kier molecular flexibility index (Phi) is 7.36. The topological polar surface area (TPSA) is 147 Å². The zero-order chi connectivity index (χ0) is 26.1. The summed E-state index contributed by atoms with van der Waals surface area (Å²) in [4.78, 5) is 30.3. The van der Waals surface area contributed by atoms with Crippen LogP contribution in [-0.2, 0) is 16.1 Å². The number of ether oxygens (including phenoxy) is 1. The first-order valence-electron chi connectivity index (χ1n) is 11.5. The molecule has 13 heteroatoms. The average Bonchev–Trinajstić information content (AvgIpc) is 3.43. The lowest BCUT2D eigenvalue weighted by Gasteiger charge is -2.17. The molecule has 1 saturated heterocycles. The molecule has 4 N–H and O–H groups in total. The van der Waals surface area contributed by atoms with E-state index in [9.17, 15) is 15.0 Å². The highest BCUT2D eigenvalue weighted by Gasteiger charge is 2.47. The Bertz CT molecular complexity index is 1450. The summed E-state index contributed by atoms with van der Waals surface area (Å²) in [7, 11) is 0. The van der Waals surface area contributed by atoms with E-state index in [2.05, 4.69) is 46.5 Å². The number of imidazole rings is 1.